The zero-order chi connectivity index (χ0) is 18.8. The number of likely N-dealkylation sites (tertiary alicyclic amines) is 1. The Bertz CT molecular complexity index is 820. The number of carboxylic acids is 1. The van der Waals surface area contributed by atoms with Gasteiger partial charge in [0, 0.05) is 23.7 Å². The van der Waals surface area contributed by atoms with Crippen LogP contribution in [0, 0.1) is 5.82 Å². The molecule has 0 unspecified atom stereocenters. The lowest BCUT2D eigenvalue weighted by molar-refractivity contribution is -0.141. The van der Waals surface area contributed by atoms with E-state index < -0.39 is 12.0 Å². The smallest absolute Gasteiger partial charge is 0.326 e. The molecule has 1 aliphatic rings. The Morgan fingerprint density at radius 1 is 1.12 bits per heavy atom. The van der Waals surface area contributed by atoms with Crippen LogP contribution in [0.15, 0.2) is 48.5 Å². The molecular formula is C20H21FN2O3. The first-order chi connectivity index (χ1) is 12.4. The van der Waals surface area contributed by atoms with E-state index in [0.717, 1.165) is 0 Å². The summed E-state index contributed by atoms with van der Waals surface area (Å²) in [6.45, 7) is 0.373. The Kier molecular flexibility index (Phi) is 5.04. The lowest BCUT2D eigenvalue weighted by Crippen LogP contribution is -2.41. The van der Waals surface area contributed by atoms with Crippen LogP contribution in [-0.4, -0.2) is 59.5 Å². The van der Waals surface area contributed by atoms with Crippen molar-refractivity contribution in [3.8, 4) is 11.1 Å². The van der Waals surface area contributed by atoms with E-state index in [1.54, 1.807) is 42.5 Å². The van der Waals surface area contributed by atoms with Crippen LogP contribution in [0.2, 0.25) is 0 Å². The molecule has 2 atom stereocenters. The first kappa shape index (κ1) is 18.1. The molecule has 0 radical (unpaired) electrons. The van der Waals surface area contributed by atoms with Gasteiger partial charge in [-0.15, -0.1) is 0 Å². The average molecular weight is 356 g/mol. The predicted octanol–water partition coefficient (Wildman–Crippen LogP) is 2.72. The van der Waals surface area contributed by atoms with Crippen LogP contribution in [0.5, 0.6) is 0 Å². The van der Waals surface area contributed by atoms with Gasteiger partial charge in [0.25, 0.3) is 5.91 Å². The van der Waals surface area contributed by atoms with Crippen molar-refractivity contribution in [1.82, 2.24) is 9.80 Å². The molecule has 6 heteroatoms. The van der Waals surface area contributed by atoms with Gasteiger partial charge in [0.05, 0.1) is 0 Å². The normalized spacial score (nSPS) is 19.8. The monoisotopic (exact) mass is 356 g/mol. The van der Waals surface area contributed by atoms with Gasteiger partial charge in [-0.3, -0.25) is 4.79 Å². The number of halogens is 1. The van der Waals surface area contributed by atoms with Crippen molar-refractivity contribution in [2.24, 2.45) is 0 Å². The summed E-state index contributed by atoms with van der Waals surface area (Å²) in [7, 11) is 3.75. The standard InChI is InChI=1S/C20H21FN2O3/c1-22(2)15-11-18(20(25)26)23(12-15)19(24)14-9-7-13(8-10-14)16-5-3-4-6-17(16)21/h3-10,15,18H,11-12H2,1-2H3,(H,25,26)/t15-,18+/m1/s1. The Labute approximate surface area is 151 Å². The summed E-state index contributed by atoms with van der Waals surface area (Å²) < 4.78 is 13.9. The summed E-state index contributed by atoms with van der Waals surface area (Å²) in [6, 6.07) is 12.2. The second-order valence-electron chi connectivity index (χ2n) is 6.72. The van der Waals surface area contributed by atoms with Crippen LogP contribution in [0.3, 0.4) is 0 Å². The number of carbonyl (C=O) groups is 2. The number of nitrogens with zero attached hydrogens (tertiary/aromatic N) is 2. The van der Waals surface area contributed by atoms with Gasteiger partial charge in [-0.2, -0.15) is 0 Å². The van der Waals surface area contributed by atoms with Crippen molar-refractivity contribution in [3.63, 3.8) is 0 Å². The van der Waals surface area contributed by atoms with E-state index in [9.17, 15) is 19.1 Å². The van der Waals surface area contributed by atoms with Crippen molar-refractivity contribution in [3.05, 3.63) is 59.9 Å². The number of carboxylic acid groups (broad SMARTS) is 1. The summed E-state index contributed by atoms with van der Waals surface area (Å²) in [6.07, 6.45) is 0.404. The van der Waals surface area contributed by atoms with E-state index in [1.807, 2.05) is 19.0 Å². The molecule has 1 heterocycles. The molecule has 2 aromatic rings. The summed E-state index contributed by atoms with van der Waals surface area (Å²) in [5.74, 6) is -1.64. The van der Waals surface area contributed by atoms with Crippen molar-refractivity contribution >= 4 is 11.9 Å². The van der Waals surface area contributed by atoms with Crippen molar-refractivity contribution in [2.45, 2.75) is 18.5 Å². The van der Waals surface area contributed by atoms with Crippen molar-refractivity contribution in [2.75, 3.05) is 20.6 Å². The number of likely N-dealkylation sites (N-methyl/N-ethyl adjacent to an activating group) is 1. The molecule has 0 aliphatic carbocycles. The highest BCUT2D eigenvalue weighted by molar-refractivity contribution is 5.97. The number of aliphatic carboxylic acids is 1. The molecule has 136 valence electrons. The topological polar surface area (TPSA) is 60.9 Å². The maximum Gasteiger partial charge on any atom is 0.326 e. The second-order valence-corrected chi connectivity index (χ2v) is 6.72. The first-order valence-electron chi connectivity index (χ1n) is 8.43. The molecule has 0 bridgehead atoms. The SMILES string of the molecule is CN(C)[C@@H]1C[C@@H](C(=O)O)N(C(=O)c2ccc(-c3ccccc3F)cc2)C1. The summed E-state index contributed by atoms with van der Waals surface area (Å²) in [5.41, 5.74) is 1.53. The fraction of sp³-hybridized carbons (Fsp3) is 0.300. The fourth-order valence-corrected chi connectivity index (χ4v) is 3.30. The van der Waals surface area contributed by atoms with Crippen LogP contribution in [0.1, 0.15) is 16.8 Å². The van der Waals surface area contributed by atoms with Crippen molar-refractivity contribution < 1.29 is 19.1 Å². The van der Waals surface area contributed by atoms with Crippen molar-refractivity contribution in [1.29, 1.82) is 0 Å². The molecular weight excluding hydrogens is 335 g/mol. The Morgan fingerprint density at radius 3 is 2.35 bits per heavy atom. The highest BCUT2D eigenvalue weighted by Gasteiger charge is 2.40. The summed E-state index contributed by atoms with van der Waals surface area (Å²) in [4.78, 5) is 27.7. The number of rotatable bonds is 4. The van der Waals surface area contributed by atoms with Gasteiger partial charge in [0.1, 0.15) is 11.9 Å². The Balaban J connectivity index is 1.83. The largest absolute Gasteiger partial charge is 0.480 e. The second kappa shape index (κ2) is 7.25. The van der Waals surface area contributed by atoms with Crippen LogP contribution >= 0.6 is 0 Å². The number of amides is 1. The maximum atomic E-state index is 13.9. The Hall–Kier alpha value is -2.73. The molecule has 0 spiro atoms. The number of hydrogen-bond donors (Lipinski definition) is 1. The zero-order valence-electron chi connectivity index (χ0n) is 14.7. The predicted molar refractivity (Wildman–Crippen MR) is 96.4 cm³/mol. The lowest BCUT2D eigenvalue weighted by Gasteiger charge is -2.22. The van der Waals surface area contributed by atoms with Gasteiger partial charge in [0.2, 0.25) is 0 Å². The molecule has 1 fully saturated rings. The summed E-state index contributed by atoms with van der Waals surface area (Å²) >= 11 is 0. The highest BCUT2D eigenvalue weighted by Crippen LogP contribution is 2.26. The summed E-state index contributed by atoms with van der Waals surface area (Å²) in [5, 5.41) is 9.45. The third-order valence-corrected chi connectivity index (χ3v) is 4.87. The Morgan fingerprint density at radius 2 is 1.77 bits per heavy atom. The third kappa shape index (κ3) is 3.46. The van der Waals surface area contributed by atoms with Crippen LogP contribution in [-0.2, 0) is 4.79 Å². The number of carbonyl (C=O) groups excluding carboxylic acids is 1. The van der Waals surface area contributed by atoms with E-state index in [2.05, 4.69) is 0 Å². The average Bonchev–Trinajstić information content (AvgIpc) is 3.08. The minimum absolute atomic E-state index is 0.0118. The minimum atomic E-state index is -0.995. The van der Waals surface area contributed by atoms with Crippen LogP contribution < -0.4 is 0 Å². The molecule has 5 nitrogen and oxygen atoms in total. The molecule has 2 aromatic carbocycles. The van der Waals surface area contributed by atoms with Gasteiger partial charge in [0.15, 0.2) is 0 Å². The van der Waals surface area contributed by atoms with Gasteiger partial charge < -0.3 is 14.9 Å². The van der Waals surface area contributed by atoms with E-state index >= 15 is 0 Å². The zero-order valence-corrected chi connectivity index (χ0v) is 14.7. The molecule has 0 aromatic heterocycles. The maximum absolute atomic E-state index is 13.9. The van der Waals surface area contributed by atoms with E-state index in [0.29, 0.717) is 29.7 Å². The minimum Gasteiger partial charge on any atom is -0.480 e. The molecule has 0 saturated carbocycles. The lowest BCUT2D eigenvalue weighted by atomic mass is 10.0. The fourth-order valence-electron chi connectivity index (χ4n) is 3.30. The molecule has 1 aliphatic heterocycles. The van der Waals surface area contributed by atoms with Gasteiger partial charge in [-0.05, 0) is 44.3 Å². The van der Waals surface area contributed by atoms with Crippen LogP contribution in [0.25, 0.3) is 11.1 Å². The number of hydrogen-bond acceptors (Lipinski definition) is 3. The van der Waals surface area contributed by atoms with Gasteiger partial charge in [-0.25, -0.2) is 9.18 Å². The van der Waals surface area contributed by atoms with Gasteiger partial charge in [-0.1, -0.05) is 30.3 Å². The number of benzene rings is 2. The molecule has 26 heavy (non-hydrogen) atoms. The molecule has 3 rings (SSSR count). The third-order valence-electron chi connectivity index (χ3n) is 4.87. The first-order valence-corrected chi connectivity index (χ1v) is 8.43. The van der Waals surface area contributed by atoms with E-state index in [4.69, 9.17) is 0 Å². The quantitative estimate of drug-likeness (QED) is 0.915. The van der Waals surface area contributed by atoms with E-state index in [1.165, 1.54) is 11.0 Å². The molecule has 1 N–H and O–H groups in total. The van der Waals surface area contributed by atoms with Crippen LogP contribution in [0.4, 0.5) is 4.39 Å². The van der Waals surface area contributed by atoms with E-state index in [-0.39, 0.29) is 17.8 Å². The molecule has 1 saturated heterocycles. The highest BCUT2D eigenvalue weighted by atomic mass is 19.1. The molecule has 1 amide bonds. The van der Waals surface area contributed by atoms with Gasteiger partial charge >= 0.3 is 5.97 Å².